The van der Waals surface area contributed by atoms with Crippen LogP contribution in [0.25, 0.3) is 0 Å². The molecule has 0 saturated carbocycles. The predicted octanol–water partition coefficient (Wildman–Crippen LogP) is 2.78. The molecular weight excluding hydrogens is 395 g/mol. The van der Waals surface area contributed by atoms with Crippen molar-refractivity contribution in [1.82, 2.24) is 5.32 Å². The Kier molecular flexibility index (Phi) is 6.42. The van der Waals surface area contributed by atoms with Gasteiger partial charge >= 0.3 is 0 Å². The highest BCUT2D eigenvalue weighted by Crippen LogP contribution is 2.23. The molecule has 6 nitrogen and oxygen atoms in total. The van der Waals surface area contributed by atoms with Gasteiger partial charge in [-0.05, 0) is 68.3 Å². The Bertz CT molecular complexity index is 938. The van der Waals surface area contributed by atoms with E-state index in [1.165, 1.54) is 19.1 Å². The first-order chi connectivity index (χ1) is 13.8. The zero-order chi connectivity index (χ0) is 21.0. The van der Waals surface area contributed by atoms with E-state index in [4.69, 9.17) is 4.74 Å². The molecule has 2 aromatic carbocycles. The fourth-order valence-corrected chi connectivity index (χ4v) is 4.64. The maximum Gasteiger partial charge on any atom is 0.238 e. The molecule has 8 heteroatoms. The summed E-state index contributed by atoms with van der Waals surface area (Å²) in [5.74, 6) is -0.255. The van der Waals surface area contributed by atoms with Crippen molar-refractivity contribution in [2.45, 2.75) is 36.0 Å². The molecule has 1 saturated heterocycles. The third-order valence-corrected chi connectivity index (χ3v) is 7.33. The minimum atomic E-state index is -3.87. The fourth-order valence-electron chi connectivity index (χ4n) is 3.36. The summed E-state index contributed by atoms with van der Waals surface area (Å²) in [7, 11) is -2.24. The SMILES string of the molecule is COc1ccc(N2CCC(NC(=O)C(C)S(=O)(=O)c3ccc(F)cc3)CC2)cc1. The number of amides is 1. The lowest BCUT2D eigenvalue weighted by Crippen LogP contribution is -2.48. The van der Waals surface area contributed by atoms with Gasteiger partial charge in [0.15, 0.2) is 9.84 Å². The van der Waals surface area contributed by atoms with E-state index < -0.39 is 26.8 Å². The summed E-state index contributed by atoms with van der Waals surface area (Å²) in [6.45, 7) is 2.88. The maximum absolute atomic E-state index is 13.1. The Balaban J connectivity index is 1.56. The van der Waals surface area contributed by atoms with Crippen LogP contribution in [0.2, 0.25) is 0 Å². The lowest BCUT2D eigenvalue weighted by atomic mass is 10.0. The molecule has 3 rings (SSSR count). The molecule has 0 aromatic heterocycles. The van der Waals surface area contributed by atoms with Crippen LogP contribution < -0.4 is 15.0 Å². The Morgan fingerprint density at radius 3 is 2.24 bits per heavy atom. The lowest BCUT2D eigenvalue weighted by molar-refractivity contribution is -0.121. The van der Waals surface area contributed by atoms with Crippen molar-refractivity contribution in [1.29, 1.82) is 0 Å². The van der Waals surface area contributed by atoms with E-state index in [0.29, 0.717) is 0 Å². The third-order valence-electron chi connectivity index (χ3n) is 5.26. The highest BCUT2D eigenvalue weighted by Gasteiger charge is 2.31. The molecule has 1 aliphatic rings. The molecule has 1 atom stereocenters. The van der Waals surface area contributed by atoms with Crippen molar-refractivity contribution in [3.8, 4) is 5.75 Å². The van der Waals surface area contributed by atoms with Crippen molar-refractivity contribution in [3.05, 3.63) is 54.3 Å². The number of rotatable bonds is 6. The molecule has 1 fully saturated rings. The lowest BCUT2D eigenvalue weighted by Gasteiger charge is -2.34. The molecule has 29 heavy (non-hydrogen) atoms. The van der Waals surface area contributed by atoms with E-state index >= 15 is 0 Å². The monoisotopic (exact) mass is 420 g/mol. The fraction of sp³-hybridized carbons (Fsp3) is 0.381. The van der Waals surface area contributed by atoms with Crippen molar-refractivity contribution >= 4 is 21.4 Å². The van der Waals surface area contributed by atoms with Crippen molar-refractivity contribution in [2.24, 2.45) is 0 Å². The number of carbonyl (C=O) groups is 1. The van der Waals surface area contributed by atoms with E-state index in [1.807, 2.05) is 24.3 Å². The zero-order valence-corrected chi connectivity index (χ0v) is 17.3. The first-order valence-electron chi connectivity index (χ1n) is 9.50. The molecule has 1 unspecified atom stereocenters. The molecule has 1 aliphatic heterocycles. The second-order valence-corrected chi connectivity index (χ2v) is 9.38. The van der Waals surface area contributed by atoms with E-state index in [9.17, 15) is 17.6 Å². The number of nitrogens with zero attached hydrogens (tertiary/aromatic N) is 1. The van der Waals surface area contributed by atoms with Crippen LogP contribution in [0.4, 0.5) is 10.1 Å². The number of ether oxygens (including phenoxy) is 1. The van der Waals surface area contributed by atoms with Gasteiger partial charge in [0, 0.05) is 24.8 Å². The first kappa shape index (κ1) is 21.1. The van der Waals surface area contributed by atoms with Crippen LogP contribution in [0.5, 0.6) is 5.75 Å². The van der Waals surface area contributed by atoms with Crippen LogP contribution in [-0.4, -0.2) is 45.8 Å². The van der Waals surface area contributed by atoms with Crippen molar-refractivity contribution in [2.75, 3.05) is 25.1 Å². The van der Waals surface area contributed by atoms with Gasteiger partial charge in [0.25, 0.3) is 0 Å². The molecule has 2 aromatic rings. The largest absolute Gasteiger partial charge is 0.497 e. The van der Waals surface area contributed by atoms with Crippen LogP contribution in [0.3, 0.4) is 0 Å². The van der Waals surface area contributed by atoms with E-state index in [2.05, 4.69) is 10.2 Å². The molecule has 156 valence electrons. The molecular formula is C21H25FN2O4S. The standard InChI is InChI=1S/C21H25FN2O4S/c1-15(29(26,27)20-9-3-16(22)4-10-20)21(25)23-17-11-13-24(14-12-17)18-5-7-19(28-2)8-6-18/h3-10,15,17H,11-14H2,1-2H3,(H,23,25). The molecule has 1 N–H and O–H groups in total. The van der Waals surface area contributed by atoms with Crippen LogP contribution in [0, 0.1) is 5.82 Å². The third kappa shape index (κ3) is 4.87. The average molecular weight is 421 g/mol. The Morgan fingerprint density at radius 1 is 1.10 bits per heavy atom. The minimum Gasteiger partial charge on any atom is -0.497 e. The number of halogens is 1. The van der Waals surface area contributed by atoms with Crippen molar-refractivity contribution < 1.29 is 22.3 Å². The number of carbonyl (C=O) groups excluding carboxylic acids is 1. The molecule has 0 bridgehead atoms. The van der Waals surface area contributed by atoms with Crippen LogP contribution in [0.1, 0.15) is 19.8 Å². The van der Waals surface area contributed by atoms with E-state index in [0.717, 1.165) is 49.5 Å². The molecule has 0 spiro atoms. The second-order valence-electron chi connectivity index (χ2n) is 7.11. The van der Waals surface area contributed by atoms with Crippen LogP contribution in [0.15, 0.2) is 53.4 Å². The molecule has 1 amide bonds. The van der Waals surface area contributed by atoms with Gasteiger partial charge in [-0.2, -0.15) is 0 Å². The number of methoxy groups -OCH3 is 1. The number of hydrogen-bond acceptors (Lipinski definition) is 5. The van der Waals surface area contributed by atoms with E-state index in [-0.39, 0.29) is 10.9 Å². The Hall–Kier alpha value is -2.61. The van der Waals surface area contributed by atoms with Gasteiger partial charge in [-0.25, -0.2) is 12.8 Å². The zero-order valence-electron chi connectivity index (χ0n) is 16.5. The number of anilines is 1. The summed E-state index contributed by atoms with van der Waals surface area (Å²) in [5.41, 5.74) is 1.09. The number of nitrogens with one attached hydrogen (secondary N) is 1. The molecule has 0 radical (unpaired) electrons. The van der Waals surface area contributed by atoms with Gasteiger partial charge in [-0.15, -0.1) is 0 Å². The second kappa shape index (κ2) is 8.82. The van der Waals surface area contributed by atoms with Gasteiger partial charge in [0.1, 0.15) is 16.8 Å². The minimum absolute atomic E-state index is 0.0594. The normalized spacial score (nSPS) is 16.3. The first-order valence-corrected chi connectivity index (χ1v) is 11.0. The highest BCUT2D eigenvalue weighted by atomic mass is 32.2. The molecule has 0 aliphatic carbocycles. The van der Waals surface area contributed by atoms with Gasteiger partial charge in [0.2, 0.25) is 5.91 Å². The van der Waals surface area contributed by atoms with Crippen LogP contribution >= 0.6 is 0 Å². The summed E-state index contributed by atoms with van der Waals surface area (Å²) < 4.78 is 43.5. The topological polar surface area (TPSA) is 75.7 Å². The Morgan fingerprint density at radius 2 is 1.69 bits per heavy atom. The summed E-state index contributed by atoms with van der Waals surface area (Å²) in [5, 5.41) is 1.61. The Labute approximate surface area is 170 Å². The average Bonchev–Trinajstić information content (AvgIpc) is 2.74. The number of hydrogen-bond donors (Lipinski definition) is 1. The molecule has 1 heterocycles. The smallest absolute Gasteiger partial charge is 0.238 e. The maximum atomic E-state index is 13.1. The summed E-state index contributed by atoms with van der Waals surface area (Å²) in [6, 6.07) is 12.2. The number of sulfone groups is 1. The predicted molar refractivity (Wildman–Crippen MR) is 109 cm³/mol. The van der Waals surface area contributed by atoms with Crippen LogP contribution in [-0.2, 0) is 14.6 Å². The van der Waals surface area contributed by atoms with E-state index in [1.54, 1.807) is 7.11 Å². The highest BCUT2D eigenvalue weighted by molar-refractivity contribution is 7.92. The number of piperidine rings is 1. The summed E-state index contributed by atoms with van der Waals surface area (Å²) in [6.07, 6.45) is 1.45. The van der Waals surface area contributed by atoms with Gasteiger partial charge in [-0.3, -0.25) is 4.79 Å². The number of benzene rings is 2. The quantitative estimate of drug-likeness (QED) is 0.728. The van der Waals surface area contributed by atoms with Gasteiger partial charge < -0.3 is 15.0 Å². The summed E-state index contributed by atoms with van der Waals surface area (Å²) >= 11 is 0. The van der Waals surface area contributed by atoms with Gasteiger partial charge in [0.05, 0.1) is 12.0 Å². The van der Waals surface area contributed by atoms with Crippen molar-refractivity contribution in [3.63, 3.8) is 0 Å². The van der Waals surface area contributed by atoms with Gasteiger partial charge in [-0.1, -0.05) is 0 Å². The summed E-state index contributed by atoms with van der Waals surface area (Å²) in [4.78, 5) is 14.7.